The molecule has 5 nitrogen and oxygen atoms in total. The van der Waals surface area contributed by atoms with E-state index in [0.29, 0.717) is 12.4 Å². The van der Waals surface area contributed by atoms with Crippen LogP contribution in [0.15, 0.2) is 30.3 Å². The number of amides is 1. The van der Waals surface area contributed by atoms with E-state index in [-0.39, 0.29) is 5.91 Å². The van der Waals surface area contributed by atoms with Crippen LogP contribution in [0.4, 0.5) is 0 Å². The van der Waals surface area contributed by atoms with Crippen LogP contribution >= 0.6 is 0 Å². The van der Waals surface area contributed by atoms with Crippen LogP contribution in [-0.2, 0) is 19.4 Å². The molecule has 0 fully saturated rings. The Morgan fingerprint density at radius 3 is 2.74 bits per heavy atom. The first-order chi connectivity index (χ1) is 11.1. The highest BCUT2D eigenvalue weighted by atomic mass is 16.2. The van der Waals surface area contributed by atoms with Gasteiger partial charge in [0.05, 0.1) is 6.54 Å². The van der Waals surface area contributed by atoms with Gasteiger partial charge < -0.3 is 4.90 Å². The second kappa shape index (κ2) is 5.19. The number of rotatable bonds is 3. The van der Waals surface area contributed by atoms with E-state index in [1.54, 1.807) is 11.9 Å². The minimum atomic E-state index is 0.00283. The third kappa shape index (κ3) is 2.29. The molecule has 4 rings (SSSR count). The van der Waals surface area contributed by atoms with Crippen LogP contribution in [0.1, 0.15) is 33.1 Å². The summed E-state index contributed by atoms with van der Waals surface area (Å²) >= 11 is 0. The molecule has 116 valence electrons. The van der Waals surface area contributed by atoms with Gasteiger partial charge in [0.2, 0.25) is 0 Å². The molecule has 0 saturated carbocycles. The molecule has 0 radical (unpaired) electrons. The lowest BCUT2D eigenvalue weighted by Gasteiger charge is -2.17. The second-order valence-corrected chi connectivity index (χ2v) is 6.11. The lowest BCUT2D eigenvalue weighted by atomic mass is 9.99. The van der Waals surface area contributed by atoms with Gasteiger partial charge in [-0.1, -0.05) is 24.3 Å². The van der Waals surface area contributed by atoms with Crippen LogP contribution in [0.3, 0.4) is 0 Å². The molecule has 0 atom stereocenters. The number of hydrogen-bond acceptors (Lipinski definition) is 3. The Kier molecular flexibility index (Phi) is 3.15. The third-order valence-corrected chi connectivity index (χ3v) is 4.48. The van der Waals surface area contributed by atoms with Gasteiger partial charge in [-0.15, -0.1) is 0 Å². The van der Waals surface area contributed by atoms with E-state index in [1.807, 2.05) is 25.1 Å². The molecule has 0 spiro atoms. The Bertz CT molecular complexity index is 902. The highest BCUT2D eigenvalue weighted by molar-refractivity contribution is 6.09. The van der Waals surface area contributed by atoms with Crippen molar-refractivity contribution in [3.8, 4) is 0 Å². The first-order valence-corrected chi connectivity index (χ1v) is 7.80. The molecule has 1 aliphatic carbocycles. The molecule has 2 aromatic carbocycles. The Hall–Kier alpha value is -2.69. The average molecular weight is 306 g/mol. The first kappa shape index (κ1) is 13.9. The normalized spacial score (nSPS) is 12.8. The summed E-state index contributed by atoms with van der Waals surface area (Å²) in [6.07, 6.45) is 2.13. The molecule has 0 unspecified atom stereocenters. The number of hydrogen-bond donors (Lipinski definition) is 1. The van der Waals surface area contributed by atoms with Crippen LogP contribution < -0.4 is 0 Å². The zero-order chi connectivity index (χ0) is 16.0. The number of carbonyl (C=O) groups excluding carboxylic acids is 1. The van der Waals surface area contributed by atoms with E-state index in [9.17, 15) is 4.79 Å². The van der Waals surface area contributed by atoms with Gasteiger partial charge in [0.15, 0.2) is 5.82 Å². The maximum atomic E-state index is 12.9. The van der Waals surface area contributed by atoms with Crippen LogP contribution in [0.2, 0.25) is 0 Å². The van der Waals surface area contributed by atoms with Gasteiger partial charge in [-0.2, -0.15) is 5.10 Å². The lowest BCUT2D eigenvalue weighted by Crippen LogP contribution is -2.27. The highest BCUT2D eigenvalue weighted by Crippen LogP contribution is 2.33. The number of aryl methyl sites for hydroxylation is 3. The van der Waals surface area contributed by atoms with Gasteiger partial charge in [-0.3, -0.25) is 9.89 Å². The largest absolute Gasteiger partial charge is 0.334 e. The molecular formula is C18H18N4O. The Morgan fingerprint density at radius 1 is 1.22 bits per heavy atom. The molecule has 1 amide bonds. The summed E-state index contributed by atoms with van der Waals surface area (Å²) in [6, 6.07) is 10.3. The van der Waals surface area contributed by atoms with E-state index in [4.69, 9.17) is 0 Å². The molecule has 23 heavy (non-hydrogen) atoms. The Labute approximate surface area is 134 Å². The number of aromatic amines is 1. The van der Waals surface area contributed by atoms with Crippen molar-refractivity contribution in [3.05, 3.63) is 58.7 Å². The van der Waals surface area contributed by atoms with Crippen molar-refractivity contribution in [2.24, 2.45) is 0 Å². The van der Waals surface area contributed by atoms with Crippen LogP contribution in [-0.4, -0.2) is 33.0 Å². The van der Waals surface area contributed by atoms with Gasteiger partial charge in [0.25, 0.3) is 5.91 Å². The van der Waals surface area contributed by atoms with Crippen molar-refractivity contribution in [3.63, 3.8) is 0 Å². The molecule has 0 aliphatic heterocycles. The van der Waals surface area contributed by atoms with E-state index >= 15 is 0 Å². The van der Waals surface area contributed by atoms with Crippen molar-refractivity contribution in [1.82, 2.24) is 20.1 Å². The van der Waals surface area contributed by atoms with Crippen LogP contribution in [0.25, 0.3) is 10.8 Å². The van der Waals surface area contributed by atoms with Gasteiger partial charge in [-0.05, 0) is 47.7 Å². The molecule has 1 aliphatic rings. The topological polar surface area (TPSA) is 61.9 Å². The van der Waals surface area contributed by atoms with E-state index in [0.717, 1.165) is 29.6 Å². The lowest BCUT2D eigenvalue weighted by molar-refractivity contribution is 0.0783. The molecular weight excluding hydrogens is 288 g/mol. The van der Waals surface area contributed by atoms with Crippen molar-refractivity contribution in [1.29, 1.82) is 0 Å². The fraction of sp³-hybridized carbons (Fsp3) is 0.278. The van der Waals surface area contributed by atoms with Crippen molar-refractivity contribution in [2.45, 2.75) is 26.3 Å². The Morgan fingerprint density at radius 2 is 2.00 bits per heavy atom. The predicted molar refractivity (Wildman–Crippen MR) is 88.3 cm³/mol. The summed E-state index contributed by atoms with van der Waals surface area (Å²) in [5.74, 6) is 1.39. The summed E-state index contributed by atoms with van der Waals surface area (Å²) in [6.45, 7) is 2.24. The van der Waals surface area contributed by atoms with Crippen LogP contribution in [0, 0.1) is 6.92 Å². The SMILES string of the molecule is Cc1nc(CN(C)C(=O)c2ccc3c4c(cccc24)CC3)n[nH]1. The maximum Gasteiger partial charge on any atom is 0.254 e. The number of nitrogens with zero attached hydrogens (tertiary/aromatic N) is 3. The summed E-state index contributed by atoms with van der Waals surface area (Å²) in [5.41, 5.74) is 3.45. The quantitative estimate of drug-likeness (QED) is 0.809. The summed E-state index contributed by atoms with van der Waals surface area (Å²) in [4.78, 5) is 18.8. The van der Waals surface area contributed by atoms with Crippen molar-refractivity contribution < 1.29 is 4.79 Å². The third-order valence-electron chi connectivity index (χ3n) is 4.48. The summed E-state index contributed by atoms with van der Waals surface area (Å²) < 4.78 is 0. The monoisotopic (exact) mass is 306 g/mol. The number of carbonyl (C=O) groups is 1. The van der Waals surface area contributed by atoms with E-state index in [1.165, 1.54) is 16.5 Å². The van der Waals surface area contributed by atoms with Crippen molar-refractivity contribution in [2.75, 3.05) is 7.05 Å². The summed E-state index contributed by atoms with van der Waals surface area (Å²) in [5, 5.41) is 9.23. The Balaban J connectivity index is 1.70. The van der Waals surface area contributed by atoms with Crippen LogP contribution in [0.5, 0.6) is 0 Å². The molecule has 1 N–H and O–H groups in total. The molecule has 3 aromatic rings. The average Bonchev–Trinajstić information content (AvgIpc) is 3.15. The maximum absolute atomic E-state index is 12.9. The van der Waals surface area contributed by atoms with Gasteiger partial charge in [-0.25, -0.2) is 4.98 Å². The highest BCUT2D eigenvalue weighted by Gasteiger charge is 2.21. The first-order valence-electron chi connectivity index (χ1n) is 7.80. The van der Waals surface area contributed by atoms with Gasteiger partial charge >= 0.3 is 0 Å². The molecule has 1 aromatic heterocycles. The zero-order valence-electron chi connectivity index (χ0n) is 13.3. The number of H-pyrrole nitrogens is 1. The number of aromatic nitrogens is 3. The molecule has 0 saturated heterocycles. The second-order valence-electron chi connectivity index (χ2n) is 6.11. The number of nitrogens with one attached hydrogen (secondary N) is 1. The van der Waals surface area contributed by atoms with Crippen molar-refractivity contribution >= 4 is 16.7 Å². The smallest absolute Gasteiger partial charge is 0.254 e. The summed E-state index contributed by atoms with van der Waals surface area (Å²) in [7, 11) is 1.79. The fourth-order valence-electron chi connectivity index (χ4n) is 3.38. The molecule has 0 bridgehead atoms. The minimum Gasteiger partial charge on any atom is -0.334 e. The molecule has 5 heteroatoms. The van der Waals surface area contributed by atoms with E-state index in [2.05, 4.69) is 27.3 Å². The van der Waals surface area contributed by atoms with Gasteiger partial charge in [0.1, 0.15) is 5.82 Å². The minimum absolute atomic E-state index is 0.00283. The zero-order valence-corrected chi connectivity index (χ0v) is 13.3. The molecule has 1 heterocycles. The standard InChI is InChI=1S/C18H18N4O/c1-11-19-16(21-20-11)10-22(2)18(23)15-9-8-13-7-6-12-4-3-5-14(15)17(12)13/h3-5,8-9H,6-7,10H2,1-2H3,(H,19,20,21). The number of benzene rings is 2. The fourth-order valence-corrected chi connectivity index (χ4v) is 3.38. The van der Waals surface area contributed by atoms with Gasteiger partial charge in [0, 0.05) is 12.6 Å². The predicted octanol–water partition coefficient (Wildman–Crippen LogP) is 2.64. The van der Waals surface area contributed by atoms with E-state index < -0.39 is 0 Å².